The monoisotopic (exact) mass is 749 g/mol. The molecule has 0 saturated carbocycles. The van der Waals surface area contributed by atoms with Gasteiger partial charge in [0.05, 0.1) is 17.7 Å². The van der Waals surface area contributed by atoms with Crippen molar-refractivity contribution in [2.24, 2.45) is 5.41 Å². The molecule has 1 aliphatic carbocycles. The van der Waals surface area contributed by atoms with E-state index in [1.54, 1.807) is 12.1 Å². The average molecular weight is 750 g/mol. The molecule has 1 unspecified atom stereocenters. The topological polar surface area (TPSA) is 131 Å². The number of benzene rings is 4. The van der Waals surface area contributed by atoms with Gasteiger partial charge in [0.2, 0.25) is 17.7 Å². The number of carbonyl (C=O) groups is 5. The molecule has 1 spiro atoms. The van der Waals surface area contributed by atoms with Crippen LogP contribution in [0, 0.1) is 5.41 Å². The third-order valence-corrected chi connectivity index (χ3v) is 13.1. The van der Waals surface area contributed by atoms with Crippen LogP contribution in [-0.2, 0) is 33.8 Å². The van der Waals surface area contributed by atoms with E-state index < -0.39 is 29.7 Å². The normalized spacial score (nSPS) is 23.9. The lowest BCUT2D eigenvalue weighted by molar-refractivity contribution is -0.138. The van der Waals surface area contributed by atoms with E-state index in [0.29, 0.717) is 37.7 Å². The number of aryl methyl sites for hydroxylation is 1. The van der Waals surface area contributed by atoms with Crippen LogP contribution in [0.5, 0.6) is 5.75 Å². The van der Waals surface area contributed by atoms with Crippen LogP contribution < -0.4 is 10.2 Å². The van der Waals surface area contributed by atoms with E-state index >= 15 is 0 Å². The summed E-state index contributed by atoms with van der Waals surface area (Å²) in [5.74, 6) is -1.12. The Balaban J connectivity index is 0.751. The van der Waals surface area contributed by atoms with Crippen molar-refractivity contribution < 1.29 is 29.1 Å². The summed E-state index contributed by atoms with van der Waals surface area (Å²) in [6.07, 6.45) is 2.74. The number of imide groups is 2. The summed E-state index contributed by atoms with van der Waals surface area (Å²) in [5, 5.41) is 12.4. The standard InChI is InChI=1S/C45H43N5O6/c51-33-11-13-35-30(18-33)8-12-34(27-4-2-1-3-5-27)41(35)28-6-9-32(10-7-28)49-25-45(26-49)23-47(24-45)22-40(53)48-17-16-29-19-36-37(20-31(29)21-48)44(56)50(43(36)55)38-14-15-39(52)46-42(38)54/h1-7,9-11,13,18-20,34,38,41,51H,8,12,14-17,21-26H2,(H,46,52,54)/t34-,38?,41+/m1/s1. The Morgan fingerprint density at radius 2 is 1.48 bits per heavy atom. The summed E-state index contributed by atoms with van der Waals surface area (Å²) in [6.45, 7) is 4.92. The first-order valence-corrected chi connectivity index (χ1v) is 19.7. The van der Waals surface area contributed by atoms with Gasteiger partial charge < -0.3 is 14.9 Å². The molecule has 3 atom stereocenters. The third-order valence-electron chi connectivity index (χ3n) is 13.1. The Morgan fingerprint density at radius 3 is 2.21 bits per heavy atom. The van der Waals surface area contributed by atoms with Gasteiger partial charge in [-0.2, -0.15) is 0 Å². The minimum Gasteiger partial charge on any atom is -0.508 e. The number of hydrogen-bond acceptors (Lipinski definition) is 8. The quantitative estimate of drug-likeness (QED) is 0.279. The molecule has 4 aromatic rings. The summed E-state index contributed by atoms with van der Waals surface area (Å²) >= 11 is 0. The second-order valence-electron chi connectivity index (χ2n) is 16.7. The Hall–Kier alpha value is -5.81. The minimum atomic E-state index is -1.01. The smallest absolute Gasteiger partial charge is 0.262 e. The van der Waals surface area contributed by atoms with Crippen molar-refractivity contribution in [2.75, 3.05) is 44.2 Å². The molecule has 6 aliphatic rings. The van der Waals surface area contributed by atoms with Crippen LogP contribution in [-0.4, -0.2) is 94.7 Å². The molecule has 56 heavy (non-hydrogen) atoms. The molecule has 11 heteroatoms. The second kappa shape index (κ2) is 13.2. The number of rotatable bonds is 6. The number of nitrogens with zero attached hydrogens (tertiary/aromatic N) is 4. The number of amides is 5. The minimum absolute atomic E-state index is 0.0543. The highest BCUT2D eigenvalue weighted by molar-refractivity contribution is 6.23. The van der Waals surface area contributed by atoms with Gasteiger partial charge >= 0.3 is 0 Å². The van der Waals surface area contributed by atoms with Crippen molar-refractivity contribution in [3.8, 4) is 5.75 Å². The maximum atomic E-state index is 13.5. The first-order chi connectivity index (χ1) is 27.1. The van der Waals surface area contributed by atoms with Gasteiger partial charge in [-0.3, -0.25) is 39.1 Å². The van der Waals surface area contributed by atoms with Gasteiger partial charge in [0.1, 0.15) is 11.8 Å². The van der Waals surface area contributed by atoms with Crippen molar-refractivity contribution in [3.63, 3.8) is 0 Å². The molecule has 2 N–H and O–H groups in total. The molecule has 0 radical (unpaired) electrons. The lowest BCUT2D eigenvalue weighted by Crippen LogP contribution is -2.73. The molecule has 5 heterocycles. The van der Waals surface area contributed by atoms with Crippen LogP contribution in [0.2, 0.25) is 0 Å². The van der Waals surface area contributed by atoms with Gasteiger partial charge in [-0.1, -0.05) is 48.5 Å². The van der Waals surface area contributed by atoms with Crippen molar-refractivity contribution in [1.29, 1.82) is 0 Å². The Bertz CT molecular complexity index is 2310. The molecule has 11 nitrogen and oxygen atoms in total. The molecular weight excluding hydrogens is 707 g/mol. The average Bonchev–Trinajstić information content (AvgIpc) is 3.41. The van der Waals surface area contributed by atoms with Gasteiger partial charge in [0.25, 0.3) is 11.8 Å². The number of fused-ring (bicyclic) bond motifs is 3. The fraction of sp³-hybridized carbons (Fsp3) is 0.356. The highest BCUT2D eigenvalue weighted by Gasteiger charge is 2.52. The lowest BCUT2D eigenvalue weighted by atomic mass is 9.69. The second-order valence-corrected chi connectivity index (χ2v) is 16.7. The van der Waals surface area contributed by atoms with Gasteiger partial charge in [-0.15, -0.1) is 0 Å². The fourth-order valence-electron chi connectivity index (χ4n) is 10.4. The molecule has 10 rings (SSSR count). The van der Waals surface area contributed by atoms with Gasteiger partial charge in [-0.25, -0.2) is 0 Å². The Morgan fingerprint density at radius 1 is 0.750 bits per heavy atom. The van der Waals surface area contributed by atoms with Crippen molar-refractivity contribution in [1.82, 2.24) is 20.0 Å². The predicted octanol–water partition coefficient (Wildman–Crippen LogP) is 4.36. The summed E-state index contributed by atoms with van der Waals surface area (Å²) in [7, 11) is 0. The van der Waals surface area contributed by atoms with Crippen molar-refractivity contribution in [2.45, 2.75) is 56.5 Å². The SMILES string of the molecule is O=C1CCC(N2C(=O)c3cc4c(cc3C2=O)CN(C(=O)CN2CC3(C2)CN(c2ccc([C@@H]5c6ccc(O)cc6CC[C@@H]5c5ccccc5)cc2)C3)CC4)C(=O)N1. The maximum Gasteiger partial charge on any atom is 0.262 e. The van der Waals surface area contributed by atoms with E-state index in [1.165, 1.54) is 27.9 Å². The number of phenolic OH excluding ortho intramolecular Hbond substituents is 1. The maximum absolute atomic E-state index is 13.5. The first-order valence-electron chi connectivity index (χ1n) is 19.7. The Kier molecular flexibility index (Phi) is 8.14. The molecule has 3 fully saturated rings. The van der Waals surface area contributed by atoms with Crippen LogP contribution in [0.1, 0.15) is 85.2 Å². The molecule has 0 bridgehead atoms. The number of anilines is 1. The van der Waals surface area contributed by atoms with E-state index in [0.717, 1.165) is 55.0 Å². The number of piperidine rings is 1. The zero-order valence-corrected chi connectivity index (χ0v) is 31.1. The van der Waals surface area contributed by atoms with Gasteiger partial charge in [0.15, 0.2) is 0 Å². The molecule has 3 saturated heterocycles. The number of likely N-dealkylation sites (tertiary alicyclic amines) is 1. The molecular formula is C45H43N5O6. The number of carbonyl (C=O) groups excluding carboxylic acids is 5. The van der Waals surface area contributed by atoms with Crippen molar-refractivity contribution in [3.05, 3.63) is 129 Å². The fourth-order valence-corrected chi connectivity index (χ4v) is 10.4. The zero-order chi connectivity index (χ0) is 38.3. The van der Waals surface area contributed by atoms with Crippen LogP contribution >= 0.6 is 0 Å². The van der Waals surface area contributed by atoms with Crippen LogP contribution in [0.4, 0.5) is 5.69 Å². The number of aromatic hydroxyl groups is 1. The lowest BCUT2D eigenvalue weighted by Gasteiger charge is -2.61. The molecule has 4 aromatic carbocycles. The van der Waals surface area contributed by atoms with E-state index in [2.05, 4.69) is 75.8 Å². The number of nitrogens with one attached hydrogen (secondary N) is 1. The van der Waals surface area contributed by atoms with Crippen LogP contribution in [0.15, 0.2) is 84.9 Å². The van der Waals surface area contributed by atoms with Gasteiger partial charge in [0, 0.05) is 62.7 Å². The van der Waals surface area contributed by atoms with E-state index in [1.807, 2.05) is 17.0 Å². The molecule has 284 valence electrons. The number of phenols is 1. The van der Waals surface area contributed by atoms with E-state index in [4.69, 9.17) is 0 Å². The summed E-state index contributed by atoms with van der Waals surface area (Å²) < 4.78 is 0. The summed E-state index contributed by atoms with van der Waals surface area (Å²) in [4.78, 5) is 71.8. The predicted molar refractivity (Wildman–Crippen MR) is 207 cm³/mol. The van der Waals surface area contributed by atoms with Crippen LogP contribution in [0.3, 0.4) is 0 Å². The molecule has 5 amide bonds. The Labute approximate surface area is 324 Å². The van der Waals surface area contributed by atoms with E-state index in [9.17, 15) is 29.1 Å². The summed E-state index contributed by atoms with van der Waals surface area (Å²) in [6, 6.07) is 28.1. The summed E-state index contributed by atoms with van der Waals surface area (Å²) in [5.41, 5.74) is 8.88. The highest BCUT2D eigenvalue weighted by atomic mass is 16.3. The van der Waals surface area contributed by atoms with Crippen LogP contribution in [0.25, 0.3) is 0 Å². The zero-order valence-electron chi connectivity index (χ0n) is 31.1. The first kappa shape index (κ1) is 34.7. The molecule has 5 aliphatic heterocycles. The van der Waals surface area contributed by atoms with Crippen molar-refractivity contribution >= 4 is 35.2 Å². The number of hydrogen-bond donors (Lipinski definition) is 2. The molecule has 0 aromatic heterocycles. The third kappa shape index (κ3) is 5.79. The largest absolute Gasteiger partial charge is 0.508 e. The highest BCUT2D eigenvalue weighted by Crippen LogP contribution is 2.48. The van der Waals surface area contributed by atoms with Gasteiger partial charge in [-0.05, 0) is 101 Å². The van der Waals surface area contributed by atoms with E-state index in [-0.39, 0.29) is 41.2 Å².